The molecule has 0 aliphatic heterocycles. The number of nitrogens with one attached hydrogen (secondary N) is 2. The van der Waals surface area contributed by atoms with Crippen LogP contribution in [-0.2, 0) is 11.3 Å². The van der Waals surface area contributed by atoms with Gasteiger partial charge in [0.2, 0.25) is 5.91 Å². The molecule has 2 rings (SSSR count). The van der Waals surface area contributed by atoms with Crippen LogP contribution < -0.4 is 10.6 Å². The van der Waals surface area contributed by atoms with Crippen molar-refractivity contribution in [3.05, 3.63) is 47.2 Å². The molecule has 0 radical (unpaired) electrons. The molecule has 0 fully saturated rings. The number of rotatable bonds is 9. The van der Waals surface area contributed by atoms with Crippen LogP contribution in [0.1, 0.15) is 32.8 Å². The van der Waals surface area contributed by atoms with Gasteiger partial charge in [-0.05, 0) is 45.0 Å². The van der Waals surface area contributed by atoms with Gasteiger partial charge in [0.25, 0.3) is 0 Å². The van der Waals surface area contributed by atoms with Gasteiger partial charge in [-0.3, -0.25) is 4.79 Å². The minimum Gasteiger partial charge on any atom is -0.357 e. The Bertz CT molecular complexity index is 767. The summed E-state index contributed by atoms with van der Waals surface area (Å²) >= 11 is 5.93. The highest BCUT2D eigenvalue weighted by molar-refractivity contribution is 6.30. The lowest BCUT2D eigenvalue weighted by Crippen LogP contribution is -2.40. The molecule has 28 heavy (non-hydrogen) atoms. The van der Waals surface area contributed by atoms with Crippen LogP contribution in [-0.4, -0.2) is 52.7 Å². The van der Waals surface area contributed by atoms with Crippen molar-refractivity contribution in [3.8, 4) is 5.69 Å². The van der Waals surface area contributed by atoms with Crippen LogP contribution in [0.3, 0.4) is 0 Å². The van der Waals surface area contributed by atoms with Crippen LogP contribution in [0.4, 0.5) is 0 Å². The lowest BCUT2D eigenvalue weighted by atomic mass is 10.3. The van der Waals surface area contributed by atoms with Gasteiger partial charge < -0.3 is 15.5 Å². The Morgan fingerprint density at radius 2 is 1.89 bits per heavy atom. The second-order valence-corrected chi connectivity index (χ2v) is 6.64. The van der Waals surface area contributed by atoms with Crippen molar-refractivity contribution in [2.75, 3.05) is 26.2 Å². The van der Waals surface area contributed by atoms with Gasteiger partial charge in [0.15, 0.2) is 5.96 Å². The van der Waals surface area contributed by atoms with E-state index in [-0.39, 0.29) is 5.91 Å². The molecule has 1 aromatic heterocycles. The molecule has 152 valence electrons. The molecule has 8 heteroatoms. The molecule has 2 N–H and O–H groups in total. The lowest BCUT2D eigenvalue weighted by Gasteiger charge is -2.19. The van der Waals surface area contributed by atoms with E-state index in [1.807, 2.05) is 56.1 Å². The number of halogens is 1. The number of aliphatic imine (C=N–C) groups is 1. The quantitative estimate of drug-likeness (QED) is 0.497. The molecule has 0 bridgehead atoms. The number of guanidine groups is 1. The van der Waals surface area contributed by atoms with Crippen molar-refractivity contribution in [1.29, 1.82) is 0 Å². The zero-order valence-electron chi connectivity index (χ0n) is 16.8. The number of benzene rings is 1. The fraction of sp³-hybridized carbons (Fsp3) is 0.450. The summed E-state index contributed by atoms with van der Waals surface area (Å²) < 4.78 is 1.80. The summed E-state index contributed by atoms with van der Waals surface area (Å²) in [6.45, 7) is 9.26. The van der Waals surface area contributed by atoms with E-state index >= 15 is 0 Å². The average molecular weight is 405 g/mol. The van der Waals surface area contributed by atoms with E-state index in [0.717, 1.165) is 30.9 Å². The summed E-state index contributed by atoms with van der Waals surface area (Å²) in [6, 6.07) is 7.51. The predicted octanol–water partition coefficient (Wildman–Crippen LogP) is 2.84. The molecule has 2 aromatic rings. The summed E-state index contributed by atoms with van der Waals surface area (Å²) in [6.07, 6.45) is 4.19. The fourth-order valence-electron chi connectivity index (χ4n) is 2.71. The Morgan fingerprint density at radius 3 is 2.54 bits per heavy atom. The SMILES string of the molecule is CCNC(=NCc1cnn(-c2ccc(Cl)cc2)c1)NCCC(=O)N(CC)CC. The Morgan fingerprint density at radius 1 is 1.18 bits per heavy atom. The highest BCUT2D eigenvalue weighted by atomic mass is 35.5. The van der Waals surface area contributed by atoms with Crippen molar-refractivity contribution < 1.29 is 4.79 Å². The third-order valence-corrected chi connectivity index (χ3v) is 4.49. The number of aromatic nitrogens is 2. The second kappa shape index (κ2) is 11.3. The number of amides is 1. The highest BCUT2D eigenvalue weighted by Crippen LogP contribution is 2.13. The van der Waals surface area contributed by atoms with Gasteiger partial charge in [-0.15, -0.1) is 0 Å². The first kappa shape index (κ1) is 21.8. The van der Waals surface area contributed by atoms with Crippen molar-refractivity contribution in [3.63, 3.8) is 0 Å². The molecule has 1 heterocycles. The Balaban J connectivity index is 1.91. The van der Waals surface area contributed by atoms with Gasteiger partial charge in [-0.2, -0.15) is 5.10 Å². The van der Waals surface area contributed by atoms with E-state index in [4.69, 9.17) is 11.6 Å². The maximum Gasteiger partial charge on any atom is 0.224 e. The standard InChI is InChI=1S/C20H29ClN6O/c1-4-22-20(23-12-11-19(28)26(5-2)6-3)24-13-16-14-25-27(15-16)18-9-7-17(21)8-10-18/h7-10,14-15H,4-6,11-13H2,1-3H3,(H2,22,23,24). The monoisotopic (exact) mass is 404 g/mol. The van der Waals surface area contributed by atoms with Gasteiger partial charge in [-0.25, -0.2) is 9.67 Å². The van der Waals surface area contributed by atoms with Gasteiger partial charge in [0, 0.05) is 49.4 Å². The molecule has 1 amide bonds. The van der Waals surface area contributed by atoms with Crippen LogP contribution >= 0.6 is 11.6 Å². The molecule has 7 nitrogen and oxygen atoms in total. The van der Waals surface area contributed by atoms with Crippen molar-refractivity contribution in [2.45, 2.75) is 33.7 Å². The van der Waals surface area contributed by atoms with Crippen LogP contribution in [0, 0.1) is 0 Å². The Hall–Kier alpha value is -2.54. The van der Waals surface area contributed by atoms with E-state index in [9.17, 15) is 4.79 Å². The summed E-state index contributed by atoms with van der Waals surface area (Å²) in [5.74, 6) is 0.840. The molecule has 0 atom stereocenters. The van der Waals surface area contributed by atoms with E-state index < -0.39 is 0 Å². The number of carbonyl (C=O) groups is 1. The third-order valence-electron chi connectivity index (χ3n) is 4.24. The maximum atomic E-state index is 12.1. The van der Waals surface area contributed by atoms with Gasteiger partial charge in [0.1, 0.15) is 0 Å². The largest absolute Gasteiger partial charge is 0.357 e. The number of nitrogens with zero attached hydrogens (tertiary/aromatic N) is 4. The summed E-state index contributed by atoms with van der Waals surface area (Å²) in [7, 11) is 0. The second-order valence-electron chi connectivity index (χ2n) is 6.21. The normalized spacial score (nSPS) is 11.4. The van der Waals surface area contributed by atoms with Crippen molar-refractivity contribution in [1.82, 2.24) is 25.3 Å². The molecular weight excluding hydrogens is 376 g/mol. The number of carbonyl (C=O) groups excluding carboxylic acids is 1. The molecule has 0 unspecified atom stereocenters. The van der Waals surface area contributed by atoms with Crippen LogP contribution in [0.15, 0.2) is 41.7 Å². The van der Waals surface area contributed by atoms with E-state index in [1.54, 1.807) is 10.9 Å². The minimum absolute atomic E-state index is 0.151. The first-order valence-corrected chi connectivity index (χ1v) is 10.0. The molecular formula is C20H29ClN6O. The molecule has 0 spiro atoms. The zero-order chi connectivity index (χ0) is 20.4. The fourth-order valence-corrected chi connectivity index (χ4v) is 2.84. The zero-order valence-corrected chi connectivity index (χ0v) is 17.5. The molecule has 0 saturated heterocycles. The molecule has 1 aromatic carbocycles. The topological polar surface area (TPSA) is 74.5 Å². The number of hydrogen-bond donors (Lipinski definition) is 2. The summed E-state index contributed by atoms with van der Waals surface area (Å²) in [4.78, 5) is 18.5. The first-order chi connectivity index (χ1) is 13.6. The minimum atomic E-state index is 0.151. The first-order valence-electron chi connectivity index (χ1n) is 9.66. The molecule has 0 saturated carbocycles. The smallest absolute Gasteiger partial charge is 0.224 e. The van der Waals surface area contributed by atoms with E-state index in [1.165, 1.54) is 0 Å². The van der Waals surface area contributed by atoms with Crippen molar-refractivity contribution >= 4 is 23.5 Å². The van der Waals surface area contributed by atoms with Gasteiger partial charge >= 0.3 is 0 Å². The maximum absolute atomic E-state index is 12.1. The van der Waals surface area contributed by atoms with Gasteiger partial charge in [-0.1, -0.05) is 11.6 Å². The van der Waals surface area contributed by atoms with E-state index in [2.05, 4.69) is 20.7 Å². The average Bonchev–Trinajstić information content (AvgIpc) is 3.16. The van der Waals surface area contributed by atoms with Crippen LogP contribution in [0.25, 0.3) is 5.69 Å². The predicted molar refractivity (Wildman–Crippen MR) is 114 cm³/mol. The van der Waals surface area contributed by atoms with Crippen molar-refractivity contribution in [2.24, 2.45) is 4.99 Å². The molecule has 0 aliphatic rings. The van der Waals surface area contributed by atoms with E-state index in [0.29, 0.717) is 30.5 Å². The Labute approximate surface area is 171 Å². The number of hydrogen-bond acceptors (Lipinski definition) is 3. The van der Waals surface area contributed by atoms with Crippen LogP contribution in [0.2, 0.25) is 5.02 Å². The van der Waals surface area contributed by atoms with Gasteiger partial charge in [0.05, 0.1) is 18.4 Å². The third kappa shape index (κ3) is 6.56. The lowest BCUT2D eigenvalue weighted by molar-refractivity contribution is -0.130. The Kier molecular flexibility index (Phi) is 8.81. The van der Waals surface area contributed by atoms with Crippen LogP contribution in [0.5, 0.6) is 0 Å². The summed E-state index contributed by atoms with van der Waals surface area (Å²) in [5, 5.41) is 11.5. The molecule has 0 aliphatic carbocycles. The highest BCUT2D eigenvalue weighted by Gasteiger charge is 2.09. The summed E-state index contributed by atoms with van der Waals surface area (Å²) in [5.41, 5.74) is 1.94.